The van der Waals surface area contributed by atoms with Gasteiger partial charge in [-0.25, -0.2) is 9.97 Å². The van der Waals surface area contributed by atoms with Gasteiger partial charge in [0.05, 0.1) is 11.4 Å². The predicted molar refractivity (Wildman–Crippen MR) is 103 cm³/mol. The molecule has 0 unspecified atom stereocenters. The Morgan fingerprint density at radius 1 is 1.28 bits per heavy atom. The number of nitrogens with two attached hydrogens (primary N) is 1. The number of hydrogen-bond acceptors (Lipinski definition) is 6. The number of nitrogen functional groups attached to an aromatic ring is 1. The highest BCUT2D eigenvalue weighted by Gasteiger charge is 2.40. The van der Waals surface area contributed by atoms with Gasteiger partial charge in [0, 0.05) is 31.8 Å². The van der Waals surface area contributed by atoms with Gasteiger partial charge < -0.3 is 15.4 Å². The monoisotopic (exact) mass is 341 g/mol. The van der Waals surface area contributed by atoms with Crippen LogP contribution in [-0.4, -0.2) is 34.4 Å². The minimum absolute atomic E-state index is 0. The molecule has 0 spiro atoms. The van der Waals surface area contributed by atoms with E-state index >= 15 is 0 Å². The highest BCUT2D eigenvalue weighted by molar-refractivity contribution is 6.13. The third kappa shape index (κ3) is 3.73. The molecule has 0 saturated heterocycles. The highest BCUT2D eigenvalue weighted by Crippen LogP contribution is 2.40. The number of aromatic nitrogens is 2. The van der Waals surface area contributed by atoms with Crippen molar-refractivity contribution in [2.45, 2.75) is 39.2 Å². The summed E-state index contributed by atoms with van der Waals surface area (Å²) in [7, 11) is 0. The molecule has 1 aliphatic rings. The van der Waals surface area contributed by atoms with Gasteiger partial charge in [-0.05, 0) is 51.8 Å². The van der Waals surface area contributed by atoms with Crippen LogP contribution in [0.25, 0.3) is 0 Å². The van der Waals surface area contributed by atoms with Crippen LogP contribution in [-0.2, 0) is 0 Å². The predicted octanol–water partition coefficient (Wildman–Crippen LogP) is 3.50. The zero-order chi connectivity index (χ0) is 18.0. The Bertz CT molecular complexity index is 787. The molecule has 0 atom stereocenters. The first-order chi connectivity index (χ1) is 12.0. The molecule has 1 fully saturated rings. The molecule has 0 amide bonds. The summed E-state index contributed by atoms with van der Waals surface area (Å²) in [6.07, 6.45) is 3.62. The summed E-state index contributed by atoms with van der Waals surface area (Å²) >= 11 is 0. The van der Waals surface area contributed by atoms with Crippen molar-refractivity contribution >= 4 is 17.2 Å². The number of hydrogen-bond donors (Lipinski definition) is 2. The van der Waals surface area contributed by atoms with E-state index in [4.69, 9.17) is 15.9 Å². The second-order valence-corrected chi connectivity index (χ2v) is 6.61. The Labute approximate surface area is 150 Å². The van der Waals surface area contributed by atoms with Crippen LogP contribution in [0.15, 0.2) is 30.6 Å². The molecule has 3 N–H and O–H groups in total. The standard InChI is InChI=1S/C19H25N5O.H2/c1-4-24(5-2)17-11-16(22-12-23-17)18(21)14-10-13(6-7-15(14)20)25-19(3)8-9-19;/h6-7,10-12,21H,4-5,8-9,20H2,1-3H3;1H. The van der Waals surface area contributed by atoms with Crippen LogP contribution >= 0.6 is 0 Å². The van der Waals surface area contributed by atoms with Gasteiger partial charge in [0.15, 0.2) is 0 Å². The zero-order valence-electron chi connectivity index (χ0n) is 15.0. The first kappa shape index (κ1) is 17.2. The SMILES string of the molecule is CCN(CC)c1cc(C(=N)c2cc(OC3(C)CC3)ccc2N)ncn1.[HH]. The van der Waals surface area contributed by atoms with E-state index in [2.05, 4.69) is 35.6 Å². The zero-order valence-corrected chi connectivity index (χ0v) is 15.0. The van der Waals surface area contributed by atoms with Crippen molar-refractivity contribution in [3.8, 4) is 5.75 Å². The Morgan fingerprint density at radius 2 is 2.00 bits per heavy atom. The second-order valence-electron chi connectivity index (χ2n) is 6.61. The smallest absolute Gasteiger partial charge is 0.132 e. The molecule has 134 valence electrons. The molecule has 0 radical (unpaired) electrons. The van der Waals surface area contributed by atoms with Gasteiger partial charge in [-0.2, -0.15) is 0 Å². The van der Waals surface area contributed by atoms with E-state index in [1.165, 1.54) is 6.33 Å². The molecular weight excluding hydrogens is 314 g/mol. The van der Waals surface area contributed by atoms with Crippen LogP contribution in [0, 0.1) is 5.41 Å². The molecule has 2 aromatic rings. The van der Waals surface area contributed by atoms with E-state index in [9.17, 15) is 0 Å². The minimum atomic E-state index is -0.0690. The van der Waals surface area contributed by atoms with Crippen molar-refractivity contribution in [2.24, 2.45) is 0 Å². The van der Waals surface area contributed by atoms with Crippen molar-refractivity contribution in [3.63, 3.8) is 0 Å². The molecule has 3 rings (SSSR count). The third-order valence-corrected chi connectivity index (χ3v) is 4.61. The highest BCUT2D eigenvalue weighted by atomic mass is 16.5. The average Bonchev–Trinajstić information content (AvgIpc) is 3.34. The number of nitrogens with one attached hydrogen (secondary N) is 1. The summed E-state index contributed by atoms with van der Waals surface area (Å²) in [6.45, 7) is 7.95. The largest absolute Gasteiger partial charge is 0.488 e. The molecule has 6 nitrogen and oxygen atoms in total. The summed E-state index contributed by atoms with van der Waals surface area (Å²) < 4.78 is 6.00. The summed E-state index contributed by atoms with van der Waals surface area (Å²) in [5.74, 6) is 1.56. The first-order valence-electron chi connectivity index (χ1n) is 8.70. The number of ether oxygens (including phenoxy) is 1. The molecule has 1 aliphatic carbocycles. The van der Waals surface area contributed by atoms with Gasteiger partial charge in [-0.15, -0.1) is 0 Å². The van der Waals surface area contributed by atoms with E-state index < -0.39 is 0 Å². The Kier molecular flexibility index (Phi) is 4.61. The Hall–Kier alpha value is -2.63. The quantitative estimate of drug-likeness (QED) is 0.594. The van der Waals surface area contributed by atoms with Crippen LogP contribution in [0.5, 0.6) is 5.75 Å². The van der Waals surface area contributed by atoms with Crippen LogP contribution in [0.1, 0.15) is 46.3 Å². The topological polar surface area (TPSA) is 88.1 Å². The van der Waals surface area contributed by atoms with Crippen molar-refractivity contribution in [1.29, 1.82) is 5.41 Å². The van der Waals surface area contributed by atoms with Crippen LogP contribution < -0.4 is 15.4 Å². The summed E-state index contributed by atoms with van der Waals surface area (Å²) in [5.41, 5.74) is 8.04. The summed E-state index contributed by atoms with van der Waals surface area (Å²) in [6, 6.07) is 7.32. The fourth-order valence-corrected chi connectivity index (χ4v) is 2.72. The van der Waals surface area contributed by atoms with E-state index in [0.29, 0.717) is 16.9 Å². The van der Waals surface area contributed by atoms with Gasteiger partial charge in [-0.3, -0.25) is 5.41 Å². The lowest BCUT2D eigenvalue weighted by Gasteiger charge is -2.20. The number of anilines is 2. The van der Waals surface area contributed by atoms with Crippen molar-refractivity contribution < 1.29 is 6.16 Å². The molecule has 1 heterocycles. The Balaban J connectivity index is 0.00000243. The first-order valence-corrected chi connectivity index (χ1v) is 8.70. The molecular formula is C19H27N5O. The lowest BCUT2D eigenvalue weighted by atomic mass is 10.0. The molecule has 1 saturated carbocycles. The van der Waals surface area contributed by atoms with E-state index in [1.54, 1.807) is 6.07 Å². The fraction of sp³-hybridized carbons (Fsp3) is 0.421. The molecule has 0 bridgehead atoms. The molecule has 6 heteroatoms. The molecule has 0 aliphatic heterocycles. The summed E-state index contributed by atoms with van der Waals surface area (Å²) in [5, 5.41) is 8.56. The van der Waals surface area contributed by atoms with Crippen LogP contribution in [0.4, 0.5) is 11.5 Å². The maximum Gasteiger partial charge on any atom is 0.132 e. The van der Waals surface area contributed by atoms with Gasteiger partial charge in [0.2, 0.25) is 0 Å². The normalized spacial score (nSPS) is 14.8. The molecule has 1 aromatic heterocycles. The average molecular weight is 341 g/mol. The lowest BCUT2D eigenvalue weighted by molar-refractivity contribution is 0.200. The van der Waals surface area contributed by atoms with E-state index in [0.717, 1.165) is 37.5 Å². The van der Waals surface area contributed by atoms with Crippen LogP contribution in [0.2, 0.25) is 0 Å². The third-order valence-electron chi connectivity index (χ3n) is 4.61. The maximum absolute atomic E-state index is 8.56. The van der Waals surface area contributed by atoms with Gasteiger partial charge in [-0.1, -0.05) is 0 Å². The number of rotatable bonds is 7. The van der Waals surface area contributed by atoms with E-state index in [1.807, 2.05) is 18.2 Å². The van der Waals surface area contributed by atoms with Crippen LogP contribution in [0.3, 0.4) is 0 Å². The fourth-order valence-electron chi connectivity index (χ4n) is 2.72. The van der Waals surface area contributed by atoms with Crippen molar-refractivity contribution in [1.82, 2.24) is 9.97 Å². The molecule has 1 aromatic carbocycles. The molecule has 25 heavy (non-hydrogen) atoms. The second kappa shape index (κ2) is 6.70. The van der Waals surface area contributed by atoms with Crippen molar-refractivity contribution in [3.05, 3.63) is 41.9 Å². The van der Waals surface area contributed by atoms with E-state index in [-0.39, 0.29) is 12.7 Å². The Morgan fingerprint density at radius 3 is 2.64 bits per heavy atom. The van der Waals surface area contributed by atoms with Gasteiger partial charge in [0.1, 0.15) is 23.5 Å². The van der Waals surface area contributed by atoms with Gasteiger partial charge >= 0.3 is 0 Å². The van der Waals surface area contributed by atoms with Crippen molar-refractivity contribution in [2.75, 3.05) is 23.7 Å². The number of benzene rings is 1. The van der Waals surface area contributed by atoms with Gasteiger partial charge in [0.25, 0.3) is 0 Å². The number of nitrogens with zero attached hydrogens (tertiary/aromatic N) is 3. The summed E-state index contributed by atoms with van der Waals surface area (Å²) in [4.78, 5) is 10.7. The minimum Gasteiger partial charge on any atom is -0.488 e. The maximum atomic E-state index is 8.56. The lowest BCUT2D eigenvalue weighted by Crippen LogP contribution is -2.23.